The van der Waals surface area contributed by atoms with Crippen molar-refractivity contribution in [3.8, 4) is 6.07 Å². The van der Waals surface area contributed by atoms with Gasteiger partial charge < -0.3 is 19.9 Å². The van der Waals surface area contributed by atoms with E-state index < -0.39 is 17.7 Å². The second-order valence-electron chi connectivity index (χ2n) is 9.37. The Labute approximate surface area is 202 Å². The van der Waals surface area contributed by atoms with Gasteiger partial charge in [-0.15, -0.1) is 0 Å². The molecule has 2 aromatic carbocycles. The number of para-hydroxylation sites is 1. The molecule has 9 heteroatoms. The van der Waals surface area contributed by atoms with Crippen LogP contribution in [0.1, 0.15) is 29.5 Å². The number of nitrogens with one attached hydrogen (secondary N) is 1. The molecule has 0 unspecified atom stereocenters. The molecule has 0 saturated carbocycles. The first kappa shape index (κ1) is 23.5. The van der Waals surface area contributed by atoms with E-state index in [4.69, 9.17) is 4.74 Å². The topological polar surface area (TPSA) is 68.6 Å². The van der Waals surface area contributed by atoms with Crippen LogP contribution in [0.25, 0.3) is 0 Å². The van der Waals surface area contributed by atoms with Crippen LogP contribution in [0.3, 0.4) is 0 Å². The van der Waals surface area contributed by atoms with Crippen LogP contribution >= 0.6 is 0 Å². The number of hydrogen-bond donors (Lipinski definition) is 1. The Kier molecular flexibility index (Phi) is 6.32. The molecular formula is C26H27F3N4O2. The average molecular weight is 485 g/mol. The Hall–Kier alpha value is -3.25. The summed E-state index contributed by atoms with van der Waals surface area (Å²) in [4.78, 5) is 17.6. The van der Waals surface area contributed by atoms with Gasteiger partial charge in [0.05, 0.1) is 34.9 Å². The number of nitriles is 1. The van der Waals surface area contributed by atoms with Gasteiger partial charge in [-0.2, -0.15) is 18.4 Å². The molecule has 184 valence electrons. The number of hydrogen-bond acceptors (Lipinski definition) is 5. The molecule has 0 bridgehead atoms. The lowest BCUT2D eigenvalue weighted by Crippen LogP contribution is -2.61. The van der Waals surface area contributed by atoms with Crippen molar-refractivity contribution in [2.75, 3.05) is 42.6 Å². The number of halogens is 3. The number of piperazine rings is 1. The molecule has 2 fully saturated rings. The highest BCUT2D eigenvalue weighted by Gasteiger charge is 2.43. The summed E-state index contributed by atoms with van der Waals surface area (Å²) in [5, 5.41) is 12.6. The second-order valence-corrected chi connectivity index (χ2v) is 9.37. The van der Waals surface area contributed by atoms with E-state index in [1.165, 1.54) is 12.1 Å². The van der Waals surface area contributed by atoms with Crippen molar-refractivity contribution in [1.29, 1.82) is 5.26 Å². The van der Waals surface area contributed by atoms with Gasteiger partial charge in [-0.05, 0) is 55.2 Å². The minimum absolute atomic E-state index is 0.0203. The van der Waals surface area contributed by atoms with E-state index >= 15 is 0 Å². The molecular weight excluding hydrogens is 457 g/mol. The first-order valence-electron chi connectivity index (χ1n) is 12.0. The van der Waals surface area contributed by atoms with E-state index in [1.807, 2.05) is 18.2 Å². The average Bonchev–Trinajstić information content (AvgIpc) is 3.39. The number of benzene rings is 2. The monoisotopic (exact) mass is 484 g/mol. The molecule has 0 spiro atoms. The predicted molar refractivity (Wildman–Crippen MR) is 125 cm³/mol. The first-order valence-corrected chi connectivity index (χ1v) is 12.0. The standard InChI is InChI=1S/C26H27F3N4O2/c27-26(28,29)19-7-8-23-18(12-19)13-21(25(34)31-15-20-5-3-11-35-20)24-16-32(9-10-33(23)24)22-6-2-1-4-17(22)14-30/h1-2,4,6-8,12,20-21,24H,3,5,9-11,13,15-16H2,(H,31,34)/t20-,21+,24-/m1/s1. The summed E-state index contributed by atoms with van der Waals surface area (Å²) >= 11 is 0. The number of ether oxygens (including phenoxy) is 1. The Morgan fingerprint density at radius 3 is 2.74 bits per heavy atom. The number of nitrogens with zero attached hydrogens (tertiary/aromatic N) is 3. The molecule has 1 N–H and O–H groups in total. The summed E-state index contributed by atoms with van der Waals surface area (Å²) in [7, 11) is 0. The third-order valence-electron chi connectivity index (χ3n) is 7.27. The van der Waals surface area contributed by atoms with Crippen LogP contribution in [0, 0.1) is 17.2 Å². The molecule has 3 aliphatic rings. The molecule has 1 amide bonds. The quantitative estimate of drug-likeness (QED) is 0.716. The minimum atomic E-state index is -4.44. The molecule has 2 saturated heterocycles. The van der Waals surface area contributed by atoms with Crippen LogP contribution < -0.4 is 15.1 Å². The lowest BCUT2D eigenvalue weighted by molar-refractivity contribution is -0.137. The summed E-state index contributed by atoms with van der Waals surface area (Å²) in [6.07, 6.45) is -2.39. The van der Waals surface area contributed by atoms with Crippen molar-refractivity contribution < 1.29 is 22.7 Å². The predicted octanol–water partition coefficient (Wildman–Crippen LogP) is 3.74. The first-order chi connectivity index (χ1) is 16.8. The van der Waals surface area contributed by atoms with Gasteiger partial charge >= 0.3 is 6.18 Å². The molecule has 3 heterocycles. The third kappa shape index (κ3) is 4.67. The van der Waals surface area contributed by atoms with Crippen molar-refractivity contribution in [1.82, 2.24) is 5.32 Å². The van der Waals surface area contributed by atoms with Crippen LogP contribution in [0.5, 0.6) is 0 Å². The van der Waals surface area contributed by atoms with Crippen molar-refractivity contribution in [2.24, 2.45) is 5.92 Å². The number of alkyl halides is 3. The van der Waals surface area contributed by atoms with Crippen molar-refractivity contribution in [3.63, 3.8) is 0 Å². The van der Waals surface area contributed by atoms with Gasteiger partial charge in [0, 0.05) is 38.5 Å². The molecule has 0 radical (unpaired) electrons. The molecule has 35 heavy (non-hydrogen) atoms. The van der Waals surface area contributed by atoms with Crippen LogP contribution in [0.15, 0.2) is 42.5 Å². The van der Waals surface area contributed by atoms with Gasteiger partial charge in [0.1, 0.15) is 6.07 Å². The maximum absolute atomic E-state index is 13.4. The normalized spacial score (nSPS) is 23.9. The van der Waals surface area contributed by atoms with Gasteiger partial charge in [0.25, 0.3) is 0 Å². The van der Waals surface area contributed by atoms with Crippen LogP contribution in [-0.2, 0) is 22.1 Å². The van der Waals surface area contributed by atoms with Gasteiger partial charge in [-0.1, -0.05) is 12.1 Å². The fraction of sp³-hybridized carbons (Fsp3) is 0.462. The number of carbonyl (C=O) groups is 1. The van der Waals surface area contributed by atoms with Crippen molar-refractivity contribution >= 4 is 17.3 Å². The van der Waals surface area contributed by atoms with Crippen LogP contribution in [0.4, 0.5) is 24.5 Å². The lowest BCUT2D eigenvalue weighted by Gasteiger charge is -2.50. The zero-order chi connectivity index (χ0) is 24.6. The van der Waals surface area contributed by atoms with E-state index in [0.29, 0.717) is 43.9 Å². The van der Waals surface area contributed by atoms with E-state index in [1.54, 1.807) is 6.07 Å². The Bertz CT molecular complexity index is 1140. The van der Waals surface area contributed by atoms with Crippen LogP contribution in [0.2, 0.25) is 0 Å². The number of anilines is 2. The molecule has 0 aliphatic carbocycles. The fourth-order valence-corrected chi connectivity index (χ4v) is 5.51. The summed E-state index contributed by atoms with van der Waals surface area (Å²) in [5.41, 5.74) is 1.96. The second kappa shape index (κ2) is 9.42. The molecule has 3 atom stereocenters. The molecule has 2 aromatic rings. The highest BCUT2D eigenvalue weighted by Crippen LogP contribution is 2.40. The number of fused-ring (bicyclic) bond motifs is 3. The molecule has 5 rings (SSSR count). The zero-order valence-corrected chi connectivity index (χ0v) is 19.2. The summed E-state index contributed by atoms with van der Waals surface area (Å²) in [6, 6.07) is 13.2. The maximum atomic E-state index is 13.4. The molecule has 0 aromatic heterocycles. The van der Waals surface area contributed by atoms with Gasteiger partial charge in [-0.25, -0.2) is 0 Å². The Morgan fingerprint density at radius 2 is 2.00 bits per heavy atom. The summed E-state index contributed by atoms with van der Waals surface area (Å²) in [6.45, 7) is 2.72. The van der Waals surface area contributed by atoms with Gasteiger partial charge in [0.15, 0.2) is 0 Å². The highest BCUT2D eigenvalue weighted by molar-refractivity contribution is 5.82. The Balaban J connectivity index is 1.45. The number of rotatable bonds is 4. The van der Waals surface area contributed by atoms with E-state index in [-0.39, 0.29) is 24.5 Å². The maximum Gasteiger partial charge on any atom is 0.416 e. The SMILES string of the molecule is N#Cc1ccccc1N1CCN2c3ccc(C(F)(F)F)cc3C[C@H](C(=O)NC[C@H]3CCCO3)[C@H]2C1. The van der Waals surface area contributed by atoms with Gasteiger partial charge in [-0.3, -0.25) is 4.79 Å². The van der Waals surface area contributed by atoms with Gasteiger partial charge in [0.2, 0.25) is 5.91 Å². The fourth-order valence-electron chi connectivity index (χ4n) is 5.51. The minimum Gasteiger partial charge on any atom is -0.376 e. The Morgan fingerprint density at radius 1 is 1.17 bits per heavy atom. The van der Waals surface area contributed by atoms with E-state index in [0.717, 1.165) is 30.3 Å². The van der Waals surface area contributed by atoms with Crippen LogP contribution in [-0.4, -0.2) is 50.8 Å². The largest absolute Gasteiger partial charge is 0.416 e. The summed E-state index contributed by atoms with van der Waals surface area (Å²) in [5.74, 6) is -0.696. The highest BCUT2D eigenvalue weighted by atomic mass is 19.4. The number of amides is 1. The van der Waals surface area contributed by atoms with Crippen molar-refractivity contribution in [3.05, 3.63) is 59.2 Å². The van der Waals surface area contributed by atoms with Crippen molar-refractivity contribution in [2.45, 2.75) is 37.6 Å². The third-order valence-corrected chi connectivity index (χ3v) is 7.27. The van der Waals surface area contributed by atoms with E-state index in [9.17, 15) is 23.2 Å². The zero-order valence-electron chi connectivity index (χ0n) is 19.2. The molecule has 3 aliphatic heterocycles. The summed E-state index contributed by atoms with van der Waals surface area (Å²) < 4.78 is 45.9. The smallest absolute Gasteiger partial charge is 0.376 e. The number of carbonyl (C=O) groups excluding carboxylic acids is 1. The lowest BCUT2D eigenvalue weighted by atomic mass is 9.82. The molecule has 6 nitrogen and oxygen atoms in total. The van der Waals surface area contributed by atoms with E-state index in [2.05, 4.69) is 21.2 Å².